The molecule has 35 heavy (non-hydrogen) atoms. The largest absolute Gasteiger partial charge is 0.416 e. The molecular weight excluding hydrogens is 521 g/mol. The van der Waals surface area contributed by atoms with E-state index in [1.807, 2.05) is 0 Å². The lowest BCUT2D eigenvalue weighted by molar-refractivity contribution is -0.385. The van der Waals surface area contributed by atoms with E-state index in [-0.39, 0.29) is 43.5 Å². The first-order valence-corrected chi connectivity index (χ1v) is 10.9. The van der Waals surface area contributed by atoms with E-state index >= 15 is 0 Å². The zero-order valence-corrected chi connectivity index (χ0v) is 19.6. The number of hydrogen-bond acceptors (Lipinski definition) is 7. The number of hydrogen-bond donors (Lipinski definition) is 1. The smallest absolute Gasteiger partial charge is 0.343 e. The van der Waals surface area contributed by atoms with Crippen LogP contribution >= 0.6 is 34.8 Å². The number of amides is 2. The minimum atomic E-state index is -0.819. The minimum absolute atomic E-state index is 0.0973. The summed E-state index contributed by atoms with van der Waals surface area (Å²) in [7, 11) is 0. The summed E-state index contributed by atoms with van der Waals surface area (Å²) in [5.74, 6) is -2.47. The number of rotatable bonds is 6. The SMILES string of the molecule is O=C(Oc1ccccc1[N+](=O)[O-])c1ccc(NC2=C(Cl)C(=O)N(c3ccc(Cl)c(Cl)c3)C2=O)cc1. The molecule has 0 saturated heterocycles. The van der Waals surface area contributed by atoms with Crippen LogP contribution in [0.15, 0.2) is 77.5 Å². The molecular formula is C23H12Cl3N3O6. The molecule has 2 amide bonds. The molecule has 1 aliphatic rings. The molecule has 4 rings (SSSR count). The quantitative estimate of drug-likeness (QED) is 0.145. The Hall–Kier alpha value is -3.92. The van der Waals surface area contributed by atoms with Crippen LogP contribution in [0.2, 0.25) is 10.0 Å². The molecule has 9 nitrogen and oxygen atoms in total. The van der Waals surface area contributed by atoms with Gasteiger partial charge < -0.3 is 10.1 Å². The normalized spacial score (nSPS) is 13.3. The van der Waals surface area contributed by atoms with E-state index in [4.69, 9.17) is 39.5 Å². The van der Waals surface area contributed by atoms with E-state index in [1.54, 1.807) is 0 Å². The van der Waals surface area contributed by atoms with E-state index in [0.29, 0.717) is 5.69 Å². The lowest BCUT2D eigenvalue weighted by Gasteiger charge is -2.15. The maximum Gasteiger partial charge on any atom is 0.343 e. The molecule has 3 aromatic carbocycles. The van der Waals surface area contributed by atoms with Gasteiger partial charge in [-0.2, -0.15) is 0 Å². The van der Waals surface area contributed by atoms with Gasteiger partial charge in [-0.25, -0.2) is 9.69 Å². The molecule has 0 aromatic heterocycles. The Balaban J connectivity index is 1.50. The first-order chi connectivity index (χ1) is 16.7. The molecule has 0 aliphatic carbocycles. The van der Waals surface area contributed by atoms with Crippen molar-refractivity contribution < 1.29 is 24.0 Å². The summed E-state index contributed by atoms with van der Waals surface area (Å²) in [4.78, 5) is 49.2. The molecule has 176 valence electrons. The van der Waals surface area contributed by atoms with Crippen LogP contribution in [0.3, 0.4) is 0 Å². The van der Waals surface area contributed by atoms with Crippen LogP contribution in [0.1, 0.15) is 10.4 Å². The monoisotopic (exact) mass is 531 g/mol. The number of nitrogens with zero attached hydrogens (tertiary/aromatic N) is 2. The van der Waals surface area contributed by atoms with Gasteiger partial charge in [0.25, 0.3) is 11.8 Å². The Morgan fingerprint density at radius 3 is 2.26 bits per heavy atom. The molecule has 1 heterocycles. The van der Waals surface area contributed by atoms with E-state index in [0.717, 1.165) is 4.90 Å². The molecule has 3 aromatic rings. The maximum atomic E-state index is 12.9. The lowest BCUT2D eigenvalue weighted by Crippen LogP contribution is -2.32. The Morgan fingerprint density at radius 2 is 1.60 bits per heavy atom. The number of ether oxygens (including phenoxy) is 1. The first-order valence-electron chi connectivity index (χ1n) is 9.73. The van der Waals surface area contributed by atoms with E-state index in [2.05, 4.69) is 5.32 Å². The summed E-state index contributed by atoms with van der Waals surface area (Å²) in [6, 6.07) is 15.4. The summed E-state index contributed by atoms with van der Waals surface area (Å²) in [6.45, 7) is 0. The van der Waals surface area contributed by atoms with Gasteiger partial charge in [0.05, 0.1) is 26.2 Å². The van der Waals surface area contributed by atoms with Crippen molar-refractivity contribution in [2.75, 3.05) is 10.2 Å². The number of esters is 1. The average Bonchev–Trinajstić information content (AvgIpc) is 3.04. The fourth-order valence-electron chi connectivity index (χ4n) is 3.16. The van der Waals surface area contributed by atoms with Crippen molar-refractivity contribution >= 4 is 69.6 Å². The van der Waals surface area contributed by atoms with Gasteiger partial charge in [-0.3, -0.25) is 19.7 Å². The molecule has 0 spiro atoms. The van der Waals surface area contributed by atoms with Crippen molar-refractivity contribution in [1.29, 1.82) is 0 Å². The van der Waals surface area contributed by atoms with Crippen molar-refractivity contribution in [2.24, 2.45) is 0 Å². The molecule has 12 heteroatoms. The van der Waals surface area contributed by atoms with Crippen LogP contribution in [0.5, 0.6) is 5.75 Å². The van der Waals surface area contributed by atoms with Crippen LogP contribution in [-0.4, -0.2) is 22.7 Å². The van der Waals surface area contributed by atoms with Crippen LogP contribution in [0, 0.1) is 10.1 Å². The van der Waals surface area contributed by atoms with E-state index in [9.17, 15) is 24.5 Å². The summed E-state index contributed by atoms with van der Waals surface area (Å²) in [5, 5.41) is 13.9. The highest BCUT2D eigenvalue weighted by Crippen LogP contribution is 2.34. The number of carbonyl (C=O) groups excluding carboxylic acids is 3. The number of imide groups is 1. The second-order valence-corrected chi connectivity index (χ2v) is 8.24. The summed E-state index contributed by atoms with van der Waals surface area (Å²) < 4.78 is 5.14. The predicted molar refractivity (Wildman–Crippen MR) is 130 cm³/mol. The van der Waals surface area contributed by atoms with Gasteiger partial charge in [0.15, 0.2) is 0 Å². The third kappa shape index (κ3) is 4.83. The van der Waals surface area contributed by atoms with Crippen LogP contribution < -0.4 is 15.0 Å². The average molecular weight is 533 g/mol. The van der Waals surface area contributed by atoms with E-state index in [1.165, 1.54) is 66.7 Å². The second kappa shape index (κ2) is 9.75. The fraction of sp³-hybridized carbons (Fsp3) is 0. The second-order valence-electron chi connectivity index (χ2n) is 7.05. The molecule has 0 bridgehead atoms. The topological polar surface area (TPSA) is 119 Å². The van der Waals surface area contributed by atoms with Crippen molar-refractivity contribution in [3.63, 3.8) is 0 Å². The number of nitrogens with one attached hydrogen (secondary N) is 1. The molecule has 0 atom stereocenters. The highest BCUT2D eigenvalue weighted by atomic mass is 35.5. The summed E-state index contributed by atoms with van der Waals surface area (Å²) in [5.41, 5.74) is 0.115. The Bertz CT molecular complexity index is 1420. The minimum Gasteiger partial charge on any atom is -0.416 e. The van der Waals surface area contributed by atoms with Crippen molar-refractivity contribution in [2.45, 2.75) is 0 Å². The number of nitro groups is 1. The molecule has 1 N–H and O–H groups in total. The third-order valence-electron chi connectivity index (χ3n) is 4.84. The fourth-order valence-corrected chi connectivity index (χ4v) is 3.66. The van der Waals surface area contributed by atoms with Gasteiger partial charge in [-0.1, -0.05) is 46.9 Å². The predicted octanol–water partition coefficient (Wildman–Crippen LogP) is 5.56. The van der Waals surface area contributed by atoms with Gasteiger partial charge in [0, 0.05) is 11.8 Å². The van der Waals surface area contributed by atoms with Crippen LogP contribution in [0.25, 0.3) is 0 Å². The van der Waals surface area contributed by atoms with Gasteiger partial charge in [-0.15, -0.1) is 0 Å². The number of nitro benzene ring substituents is 1. The molecule has 0 unspecified atom stereocenters. The van der Waals surface area contributed by atoms with Gasteiger partial charge >= 0.3 is 11.7 Å². The highest BCUT2D eigenvalue weighted by molar-refractivity contribution is 6.53. The summed E-state index contributed by atoms with van der Waals surface area (Å²) in [6.07, 6.45) is 0. The third-order valence-corrected chi connectivity index (χ3v) is 5.93. The molecule has 1 aliphatic heterocycles. The lowest BCUT2D eigenvalue weighted by atomic mass is 10.2. The molecule has 0 fully saturated rings. The Labute approximate surface area is 212 Å². The van der Waals surface area contributed by atoms with Crippen molar-refractivity contribution in [3.8, 4) is 5.75 Å². The van der Waals surface area contributed by atoms with Gasteiger partial charge in [-0.05, 0) is 48.5 Å². The first kappa shape index (κ1) is 24.2. The molecule has 0 saturated carbocycles. The zero-order valence-electron chi connectivity index (χ0n) is 17.3. The van der Waals surface area contributed by atoms with Crippen LogP contribution in [-0.2, 0) is 9.59 Å². The summed E-state index contributed by atoms with van der Waals surface area (Å²) >= 11 is 18.0. The van der Waals surface area contributed by atoms with Crippen LogP contribution in [0.4, 0.5) is 17.1 Å². The number of anilines is 2. The highest BCUT2D eigenvalue weighted by Gasteiger charge is 2.39. The Kier molecular flexibility index (Phi) is 6.74. The van der Waals surface area contributed by atoms with E-state index < -0.39 is 22.7 Å². The standard InChI is InChI=1S/C23H12Cl3N3O6/c24-15-10-9-14(11-16(15)25)28-21(30)19(26)20(22(28)31)27-13-7-5-12(6-8-13)23(32)35-18-4-2-1-3-17(18)29(33)34/h1-11,27H. The Morgan fingerprint density at radius 1 is 0.914 bits per heavy atom. The van der Waals surface area contributed by atoms with Crippen molar-refractivity contribution in [1.82, 2.24) is 0 Å². The molecule has 0 radical (unpaired) electrons. The van der Waals surface area contributed by atoms with Gasteiger partial charge in [0.2, 0.25) is 5.75 Å². The number of halogens is 3. The number of para-hydroxylation sites is 2. The number of benzene rings is 3. The van der Waals surface area contributed by atoms with Gasteiger partial charge in [0.1, 0.15) is 10.7 Å². The maximum absolute atomic E-state index is 12.9. The van der Waals surface area contributed by atoms with Crippen molar-refractivity contribution in [3.05, 3.63) is 103 Å². The number of carbonyl (C=O) groups is 3. The zero-order chi connectivity index (χ0) is 25.3.